The van der Waals surface area contributed by atoms with Crippen LogP contribution in [0.2, 0.25) is 0 Å². The molecule has 0 amide bonds. The van der Waals surface area contributed by atoms with E-state index in [2.05, 4.69) is 28.0 Å². The van der Waals surface area contributed by atoms with E-state index < -0.39 is 0 Å². The third-order valence-corrected chi connectivity index (χ3v) is 4.55. The Morgan fingerprint density at radius 1 is 1.00 bits per heavy atom. The number of para-hydroxylation sites is 1. The van der Waals surface area contributed by atoms with Crippen LogP contribution in [0.5, 0.6) is 5.75 Å². The summed E-state index contributed by atoms with van der Waals surface area (Å²) in [5.41, 5.74) is 2.98. The first-order chi connectivity index (χ1) is 11.8. The second-order valence-corrected chi connectivity index (χ2v) is 6.05. The van der Waals surface area contributed by atoms with Crippen molar-refractivity contribution in [2.45, 2.75) is 5.03 Å². The van der Waals surface area contributed by atoms with Crippen molar-refractivity contribution >= 4 is 28.2 Å². The third kappa shape index (κ3) is 2.29. The number of ether oxygens (including phenoxy) is 1. The van der Waals surface area contributed by atoms with Crippen LogP contribution >= 0.6 is 11.8 Å². The second-order valence-electron chi connectivity index (χ2n) is 5.28. The zero-order valence-electron chi connectivity index (χ0n) is 12.9. The molecule has 0 aliphatic rings. The van der Waals surface area contributed by atoms with Gasteiger partial charge >= 0.3 is 0 Å². The minimum atomic E-state index is 0.717. The molecule has 0 fully saturated rings. The second kappa shape index (κ2) is 5.91. The number of imidazole rings is 1. The molecule has 4 nitrogen and oxygen atoms in total. The van der Waals surface area contributed by atoms with Gasteiger partial charge in [-0.2, -0.15) is 5.26 Å². The predicted octanol–water partition coefficient (Wildman–Crippen LogP) is 4.74. The van der Waals surface area contributed by atoms with E-state index in [4.69, 9.17) is 15.0 Å². The van der Waals surface area contributed by atoms with Crippen LogP contribution in [0.25, 0.3) is 27.8 Å². The van der Waals surface area contributed by atoms with Gasteiger partial charge in [0, 0.05) is 17.3 Å². The molecule has 4 aromatic rings. The average molecular weight is 331 g/mol. The van der Waals surface area contributed by atoms with Crippen molar-refractivity contribution < 1.29 is 4.74 Å². The molecule has 0 bridgehead atoms. The molecular formula is C19H13N3OS. The molecule has 0 saturated carbocycles. The molecule has 0 atom stereocenters. The molecule has 0 unspecified atom stereocenters. The van der Waals surface area contributed by atoms with Crippen molar-refractivity contribution in [2.75, 3.05) is 7.11 Å². The lowest BCUT2D eigenvalue weighted by molar-refractivity contribution is 0.415. The van der Waals surface area contributed by atoms with Crippen LogP contribution in [-0.4, -0.2) is 16.5 Å². The van der Waals surface area contributed by atoms with Gasteiger partial charge in [-0.15, -0.1) is 0 Å². The number of benzene rings is 2. The first-order valence-electron chi connectivity index (χ1n) is 7.42. The first kappa shape index (κ1) is 14.6. The maximum atomic E-state index is 9.09. The Labute approximate surface area is 143 Å². The highest BCUT2D eigenvalue weighted by Gasteiger charge is 2.15. The normalized spacial score (nSPS) is 10.8. The molecule has 0 spiro atoms. The van der Waals surface area contributed by atoms with Crippen LogP contribution in [0, 0.1) is 10.7 Å². The highest BCUT2D eigenvalue weighted by Crippen LogP contribution is 2.32. The van der Waals surface area contributed by atoms with Gasteiger partial charge in [0.1, 0.15) is 22.0 Å². The van der Waals surface area contributed by atoms with Gasteiger partial charge in [-0.1, -0.05) is 24.3 Å². The monoisotopic (exact) mass is 331 g/mol. The Morgan fingerprint density at radius 2 is 1.79 bits per heavy atom. The summed E-state index contributed by atoms with van der Waals surface area (Å²) in [4.78, 5) is 4.72. The smallest absolute Gasteiger partial charge is 0.146 e. The van der Waals surface area contributed by atoms with E-state index >= 15 is 0 Å². The molecule has 0 N–H and O–H groups in total. The third-order valence-electron chi connectivity index (χ3n) is 3.97. The van der Waals surface area contributed by atoms with Crippen LogP contribution in [0.4, 0.5) is 0 Å². The zero-order chi connectivity index (χ0) is 16.5. The zero-order valence-corrected chi connectivity index (χ0v) is 13.7. The number of hydrogen-bond donors (Lipinski definition) is 0. The number of thiocyanates is 1. The van der Waals surface area contributed by atoms with Crippen LogP contribution in [0.15, 0.2) is 65.7 Å². The number of nitriles is 1. The first-order valence-corrected chi connectivity index (χ1v) is 8.24. The van der Waals surface area contributed by atoms with Crippen molar-refractivity contribution in [3.8, 4) is 22.5 Å². The van der Waals surface area contributed by atoms with E-state index in [0.29, 0.717) is 5.03 Å². The number of methoxy groups -OCH3 is 1. The minimum Gasteiger partial charge on any atom is -0.497 e. The van der Waals surface area contributed by atoms with Gasteiger partial charge in [0.2, 0.25) is 0 Å². The van der Waals surface area contributed by atoms with Gasteiger partial charge in [-0.05, 0) is 41.8 Å². The molecule has 116 valence electrons. The van der Waals surface area contributed by atoms with Crippen LogP contribution in [0.1, 0.15) is 0 Å². The number of rotatable bonds is 3. The molecule has 0 aliphatic heterocycles. The number of thioether (sulfide) groups is 1. The molecule has 0 radical (unpaired) electrons. The number of nitrogens with zero attached hydrogens (tertiary/aromatic N) is 3. The summed E-state index contributed by atoms with van der Waals surface area (Å²) in [6, 6.07) is 20.0. The molecule has 24 heavy (non-hydrogen) atoms. The lowest BCUT2D eigenvalue weighted by Crippen LogP contribution is -1.92. The van der Waals surface area contributed by atoms with Gasteiger partial charge in [-0.25, -0.2) is 4.98 Å². The summed E-state index contributed by atoms with van der Waals surface area (Å²) in [5, 5.41) is 13.1. The van der Waals surface area contributed by atoms with Crippen molar-refractivity contribution in [3.63, 3.8) is 0 Å². The van der Waals surface area contributed by atoms with Crippen LogP contribution in [0.3, 0.4) is 0 Å². The Morgan fingerprint density at radius 3 is 2.54 bits per heavy atom. The summed E-state index contributed by atoms with van der Waals surface area (Å²) in [6.07, 6.45) is 0. The van der Waals surface area contributed by atoms with Crippen molar-refractivity contribution in [2.24, 2.45) is 0 Å². The lowest BCUT2D eigenvalue weighted by atomic mass is 10.2. The molecule has 5 heteroatoms. The van der Waals surface area contributed by atoms with Crippen LogP contribution < -0.4 is 4.74 Å². The highest BCUT2D eigenvalue weighted by molar-refractivity contribution is 8.03. The van der Waals surface area contributed by atoms with E-state index in [9.17, 15) is 0 Å². The molecule has 2 heterocycles. The molecule has 0 saturated heterocycles. The summed E-state index contributed by atoms with van der Waals surface area (Å²) < 4.78 is 7.34. The van der Waals surface area contributed by atoms with Crippen LogP contribution in [-0.2, 0) is 0 Å². The Bertz CT molecular complexity index is 1080. The molecule has 2 aromatic carbocycles. The Hall–Kier alpha value is -2.97. The fourth-order valence-corrected chi connectivity index (χ4v) is 3.34. The fraction of sp³-hybridized carbons (Fsp3) is 0.0526. The van der Waals surface area contributed by atoms with Gasteiger partial charge in [0.25, 0.3) is 0 Å². The average Bonchev–Trinajstić information content (AvgIpc) is 3.01. The summed E-state index contributed by atoms with van der Waals surface area (Å²) in [7, 11) is 1.65. The Balaban J connectivity index is 2.06. The standard InChI is InChI=1S/C19H13N3OS/c1-23-15-9-6-14(7-10-15)18-21-19(24-12-20)17-11-8-13-4-2-3-5-16(13)22(17)18/h2-11H,1H3. The van der Waals surface area contributed by atoms with Crippen molar-refractivity contribution in [1.29, 1.82) is 5.26 Å². The molecule has 2 aromatic heterocycles. The summed E-state index contributed by atoms with van der Waals surface area (Å²) in [5.74, 6) is 1.62. The van der Waals surface area contributed by atoms with E-state index in [0.717, 1.165) is 45.3 Å². The fourth-order valence-electron chi connectivity index (χ4n) is 2.86. The molecule has 4 rings (SSSR count). The SMILES string of the molecule is COc1ccc(-c2nc(SC#N)c3ccc4ccccc4n23)cc1. The number of pyridine rings is 1. The predicted molar refractivity (Wildman–Crippen MR) is 96.2 cm³/mol. The molecule has 0 aliphatic carbocycles. The highest BCUT2D eigenvalue weighted by atomic mass is 32.2. The topological polar surface area (TPSA) is 50.3 Å². The maximum Gasteiger partial charge on any atom is 0.146 e. The summed E-state index contributed by atoms with van der Waals surface area (Å²) in [6.45, 7) is 0. The van der Waals surface area contributed by atoms with Gasteiger partial charge in [0.15, 0.2) is 0 Å². The van der Waals surface area contributed by atoms with E-state index in [1.807, 2.05) is 42.5 Å². The maximum absolute atomic E-state index is 9.09. The van der Waals surface area contributed by atoms with Gasteiger partial charge in [-0.3, -0.25) is 4.40 Å². The van der Waals surface area contributed by atoms with E-state index in [-0.39, 0.29) is 0 Å². The van der Waals surface area contributed by atoms with Gasteiger partial charge in [0.05, 0.1) is 18.1 Å². The Kier molecular flexibility index (Phi) is 3.60. The van der Waals surface area contributed by atoms with E-state index in [1.165, 1.54) is 0 Å². The van der Waals surface area contributed by atoms with Crippen molar-refractivity contribution in [1.82, 2.24) is 9.38 Å². The molecular weight excluding hydrogens is 318 g/mol. The largest absolute Gasteiger partial charge is 0.497 e. The number of aromatic nitrogens is 2. The lowest BCUT2D eigenvalue weighted by Gasteiger charge is -2.07. The quantitative estimate of drug-likeness (QED) is 0.402. The van der Waals surface area contributed by atoms with Gasteiger partial charge < -0.3 is 4.74 Å². The summed E-state index contributed by atoms with van der Waals surface area (Å²) >= 11 is 1.09. The minimum absolute atomic E-state index is 0.717. The number of hydrogen-bond acceptors (Lipinski definition) is 4. The van der Waals surface area contributed by atoms with E-state index in [1.54, 1.807) is 7.11 Å². The number of fused-ring (bicyclic) bond motifs is 3. The van der Waals surface area contributed by atoms with Crippen molar-refractivity contribution in [3.05, 3.63) is 60.7 Å².